The first kappa shape index (κ1) is 14.3. The van der Waals surface area contributed by atoms with E-state index in [1.807, 2.05) is 12.1 Å². The standard InChI is InChI=1S/C16H19NO3/c1-10(2)14(16(19)20)17-15(18)13-8-7-11-5-3-4-6-12(11)9-13/h3,5,7-10,14H,4,6H2,1-2H3,(H,17,18)(H,19,20). The fraction of sp³-hybridized carbons (Fsp3) is 0.375. The molecular formula is C16H19NO3. The van der Waals surface area contributed by atoms with Crippen LogP contribution in [0.3, 0.4) is 0 Å². The van der Waals surface area contributed by atoms with E-state index in [9.17, 15) is 9.59 Å². The molecule has 0 fully saturated rings. The molecule has 1 aromatic rings. The van der Waals surface area contributed by atoms with Crippen molar-refractivity contribution in [3.8, 4) is 0 Å². The number of aliphatic carboxylic acids is 1. The number of carbonyl (C=O) groups excluding carboxylic acids is 1. The van der Waals surface area contributed by atoms with Crippen molar-refractivity contribution in [2.45, 2.75) is 32.7 Å². The van der Waals surface area contributed by atoms with Gasteiger partial charge >= 0.3 is 5.97 Å². The molecule has 106 valence electrons. The third-order valence-corrected chi connectivity index (χ3v) is 3.50. The van der Waals surface area contributed by atoms with Crippen LogP contribution in [0.4, 0.5) is 0 Å². The highest BCUT2D eigenvalue weighted by molar-refractivity contribution is 5.97. The number of hydrogen-bond donors (Lipinski definition) is 2. The second-order valence-electron chi connectivity index (χ2n) is 5.39. The fourth-order valence-corrected chi connectivity index (χ4v) is 2.31. The quantitative estimate of drug-likeness (QED) is 0.885. The summed E-state index contributed by atoms with van der Waals surface area (Å²) in [4.78, 5) is 23.3. The van der Waals surface area contributed by atoms with Gasteiger partial charge < -0.3 is 10.4 Å². The monoisotopic (exact) mass is 273 g/mol. The van der Waals surface area contributed by atoms with Crippen LogP contribution in [0.15, 0.2) is 24.3 Å². The number of carboxylic acids is 1. The van der Waals surface area contributed by atoms with Gasteiger partial charge in [-0.1, -0.05) is 32.1 Å². The SMILES string of the molecule is CC(C)C(NC(=O)c1ccc2c(c1)CCC=C2)C(=O)O. The van der Waals surface area contributed by atoms with Crippen LogP contribution in [-0.2, 0) is 11.2 Å². The molecule has 0 aromatic heterocycles. The summed E-state index contributed by atoms with van der Waals surface area (Å²) in [5.41, 5.74) is 2.79. The second-order valence-corrected chi connectivity index (χ2v) is 5.39. The molecule has 0 aliphatic heterocycles. The van der Waals surface area contributed by atoms with Crippen molar-refractivity contribution in [2.24, 2.45) is 5.92 Å². The first-order chi connectivity index (χ1) is 9.49. The van der Waals surface area contributed by atoms with Gasteiger partial charge in [0.2, 0.25) is 0 Å². The van der Waals surface area contributed by atoms with E-state index in [0.717, 1.165) is 24.0 Å². The Balaban J connectivity index is 2.17. The van der Waals surface area contributed by atoms with Crippen molar-refractivity contribution < 1.29 is 14.7 Å². The Morgan fingerprint density at radius 3 is 2.70 bits per heavy atom. The second kappa shape index (κ2) is 5.90. The maximum Gasteiger partial charge on any atom is 0.326 e. The van der Waals surface area contributed by atoms with Gasteiger partial charge in [0.1, 0.15) is 6.04 Å². The molecule has 1 aromatic carbocycles. The third-order valence-electron chi connectivity index (χ3n) is 3.50. The van der Waals surface area contributed by atoms with E-state index in [-0.39, 0.29) is 11.8 Å². The number of carbonyl (C=O) groups is 2. The predicted octanol–water partition coefficient (Wildman–Crippen LogP) is 2.49. The molecule has 1 amide bonds. The van der Waals surface area contributed by atoms with Gasteiger partial charge in [0.05, 0.1) is 0 Å². The Morgan fingerprint density at radius 2 is 2.05 bits per heavy atom. The van der Waals surface area contributed by atoms with Crippen molar-refractivity contribution >= 4 is 18.0 Å². The van der Waals surface area contributed by atoms with Crippen LogP contribution in [-0.4, -0.2) is 23.0 Å². The highest BCUT2D eigenvalue weighted by Gasteiger charge is 2.24. The summed E-state index contributed by atoms with van der Waals surface area (Å²) < 4.78 is 0. The molecular weight excluding hydrogens is 254 g/mol. The number of rotatable bonds is 4. The zero-order valence-corrected chi connectivity index (χ0v) is 11.7. The number of hydrogen-bond acceptors (Lipinski definition) is 2. The Labute approximate surface area is 118 Å². The van der Waals surface area contributed by atoms with Gasteiger partial charge in [-0.15, -0.1) is 0 Å². The van der Waals surface area contributed by atoms with Crippen LogP contribution in [0.25, 0.3) is 6.08 Å². The number of fused-ring (bicyclic) bond motifs is 1. The van der Waals surface area contributed by atoms with E-state index in [4.69, 9.17) is 5.11 Å². The Kier molecular flexibility index (Phi) is 4.23. The van der Waals surface area contributed by atoms with Gasteiger partial charge in [0.15, 0.2) is 0 Å². The maximum absolute atomic E-state index is 12.2. The maximum atomic E-state index is 12.2. The normalized spacial score (nSPS) is 14.8. The molecule has 1 aliphatic carbocycles. The fourth-order valence-electron chi connectivity index (χ4n) is 2.31. The predicted molar refractivity (Wildman–Crippen MR) is 77.5 cm³/mol. The summed E-state index contributed by atoms with van der Waals surface area (Å²) >= 11 is 0. The highest BCUT2D eigenvalue weighted by Crippen LogP contribution is 2.20. The number of allylic oxidation sites excluding steroid dienone is 1. The van der Waals surface area contributed by atoms with Gasteiger partial charge in [-0.05, 0) is 42.0 Å². The molecule has 1 atom stereocenters. The number of aryl methyl sites for hydroxylation is 1. The molecule has 2 N–H and O–H groups in total. The van der Waals surface area contributed by atoms with Crippen molar-refractivity contribution in [3.05, 3.63) is 41.0 Å². The molecule has 1 unspecified atom stereocenters. The Hall–Kier alpha value is -2.10. The molecule has 0 saturated carbocycles. The molecule has 4 heteroatoms. The van der Waals surface area contributed by atoms with E-state index in [1.54, 1.807) is 19.9 Å². The first-order valence-electron chi connectivity index (χ1n) is 6.82. The van der Waals surface area contributed by atoms with Crippen LogP contribution in [0.1, 0.15) is 41.8 Å². The molecule has 0 bridgehead atoms. The van der Waals surface area contributed by atoms with Crippen molar-refractivity contribution in [2.75, 3.05) is 0 Å². The van der Waals surface area contributed by atoms with Gasteiger partial charge in [-0.3, -0.25) is 4.79 Å². The van der Waals surface area contributed by atoms with E-state index in [2.05, 4.69) is 17.5 Å². The lowest BCUT2D eigenvalue weighted by molar-refractivity contribution is -0.140. The zero-order chi connectivity index (χ0) is 14.7. The summed E-state index contributed by atoms with van der Waals surface area (Å²) in [5, 5.41) is 11.7. The molecule has 4 nitrogen and oxygen atoms in total. The average molecular weight is 273 g/mol. The van der Waals surface area contributed by atoms with Crippen LogP contribution in [0.5, 0.6) is 0 Å². The Bertz CT molecular complexity index is 561. The zero-order valence-electron chi connectivity index (χ0n) is 11.7. The van der Waals surface area contributed by atoms with E-state index >= 15 is 0 Å². The van der Waals surface area contributed by atoms with E-state index in [0.29, 0.717) is 5.56 Å². The van der Waals surface area contributed by atoms with Gasteiger partial charge in [0.25, 0.3) is 5.91 Å². The minimum absolute atomic E-state index is 0.156. The number of benzene rings is 1. The first-order valence-corrected chi connectivity index (χ1v) is 6.82. The topological polar surface area (TPSA) is 66.4 Å². The summed E-state index contributed by atoms with van der Waals surface area (Å²) in [6.07, 6.45) is 6.05. The minimum Gasteiger partial charge on any atom is -0.480 e. The Morgan fingerprint density at radius 1 is 1.30 bits per heavy atom. The van der Waals surface area contributed by atoms with E-state index in [1.165, 1.54) is 0 Å². The largest absolute Gasteiger partial charge is 0.480 e. The summed E-state index contributed by atoms with van der Waals surface area (Å²) in [7, 11) is 0. The van der Waals surface area contributed by atoms with Gasteiger partial charge in [0, 0.05) is 5.56 Å². The van der Waals surface area contributed by atoms with Crippen molar-refractivity contribution in [1.29, 1.82) is 0 Å². The van der Waals surface area contributed by atoms with Crippen LogP contribution >= 0.6 is 0 Å². The van der Waals surface area contributed by atoms with Crippen LogP contribution in [0, 0.1) is 5.92 Å². The molecule has 0 radical (unpaired) electrons. The number of carboxylic acid groups (broad SMARTS) is 1. The van der Waals surface area contributed by atoms with E-state index < -0.39 is 12.0 Å². The minimum atomic E-state index is -1.01. The third kappa shape index (κ3) is 3.07. The molecule has 0 saturated heterocycles. The van der Waals surface area contributed by atoms with Crippen LogP contribution < -0.4 is 5.32 Å². The number of amides is 1. The lowest BCUT2D eigenvalue weighted by Gasteiger charge is -2.18. The van der Waals surface area contributed by atoms with Gasteiger partial charge in [-0.25, -0.2) is 4.79 Å². The average Bonchev–Trinajstić information content (AvgIpc) is 2.43. The molecule has 20 heavy (non-hydrogen) atoms. The molecule has 0 spiro atoms. The smallest absolute Gasteiger partial charge is 0.326 e. The van der Waals surface area contributed by atoms with Crippen molar-refractivity contribution in [1.82, 2.24) is 5.32 Å². The van der Waals surface area contributed by atoms with Crippen LogP contribution in [0.2, 0.25) is 0 Å². The lowest BCUT2D eigenvalue weighted by atomic mass is 9.95. The summed E-state index contributed by atoms with van der Waals surface area (Å²) in [6, 6.07) is 4.64. The highest BCUT2D eigenvalue weighted by atomic mass is 16.4. The summed E-state index contributed by atoms with van der Waals surface area (Å²) in [5.74, 6) is -1.49. The number of nitrogens with one attached hydrogen (secondary N) is 1. The molecule has 1 aliphatic rings. The van der Waals surface area contributed by atoms with Crippen molar-refractivity contribution in [3.63, 3.8) is 0 Å². The molecule has 0 heterocycles. The van der Waals surface area contributed by atoms with Gasteiger partial charge in [-0.2, -0.15) is 0 Å². The summed E-state index contributed by atoms with van der Waals surface area (Å²) in [6.45, 7) is 3.55. The molecule has 2 rings (SSSR count). The lowest BCUT2D eigenvalue weighted by Crippen LogP contribution is -2.44.